The lowest BCUT2D eigenvalue weighted by molar-refractivity contribution is 0.0730. The Balaban J connectivity index is 1.89. The molecule has 1 aliphatic heterocycles. The number of aryl methyl sites for hydroxylation is 2. The monoisotopic (exact) mass is 340 g/mol. The van der Waals surface area contributed by atoms with Gasteiger partial charge in [-0.25, -0.2) is 0 Å². The van der Waals surface area contributed by atoms with Gasteiger partial charge in [-0.15, -0.1) is 0 Å². The van der Waals surface area contributed by atoms with Crippen LogP contribution in [0.25, 0.3) is 0 Å². The van der Waals surface area contributed by atoms with Gasteiger partial charge in [-0.1, -0.05) is 23.9 Å². The number of nitrogens with zero attached hydrogens (tertiary/aromatic N) is 2. The average molecular weight is 340 g/mol. The van der Waals surface area contributed by atoms with Gasteiger partial charge < -0.3 is 14.2 Å². The lowest BCUT2D eigenvalue weighted by atomic mass is 10.0. The number of likely N-dealkylation sites (tertiary alicyclic amines) is 1. The Morgan fingerprint density at radius 3 is 2.84 bits per heavy atom. The van der Waals surface area contributed by atoms with Crippen LogP contribution in [0.3, 0.4) is 0 Å². The zero-order valence-corrected chi connectivity index (χ0v) is 15.0. The number of ether oxygens (including phenoxy) is 1. The molecule has 132 valence electrons. The van der Waals surface area contributed by atoms with E-state index in [0.717, 1.165) is 42.0 Å². The minimum atomic E-state index is -0.0141. The van der Waals surface area contributed by atoms with Gasteiger partial charge in [0.15, 0.2) is 0 Å². The third-order valence-electron chi connectivity index (χ3n) is 4.53. The Morgan fingerprint density at radius 1 is 1.40 bits per heavy atom. The van der Waals surface area contributed by atoms with E-state index in [4.69, 9.17) is 9.26 Å². The summed E-state index contributed by atoms with van der Waals surface area (Å²) in [5, 5.41) is 4.05. The molecule has 0 unspecified atom stereocenters. The van der Waals surface area contributed by atoms with Crippen molar-refractivity contribution in [2.45, 2.75) is 39.7 Å². The van der Waals surface area contributed by atoms with E-state index in [2.05, 4.69) is 11.7 Å². The fourth-order valence-electron chi connectivity index (χ4n) is 3.40. The van der Waals surface area contributed by atoms with Crippen molar-refractivity contribution in [1.82, 2.24) is 10.1 Å². The molecule has 3 rings (SSSR count). The second-order valence-corrected chi connectivity index (χ2v) is 6.64. The number of benzene rings is 1. The van der Waals surface area contributed by atoms with Gasteiger partial charge in [-0.2, -0.15) is 0 Å². The van der Waals surface area contributed by atoms with Crippen molar-refractivity contribution in [3.8, 4) is 5.75 Å². The summed E-state index contributed by atoms with van der Waals surface area (Å²) in [5.41, 5.74) is 3.39. The smallest absolute Gasteiger partial charge is 0.258 e. The predicted molar refractivity (Wildman–Crippen MR) is 95.7 cm³/mol. The van der Waals surface area contributed by atoms with Gasteiger partial charge in [-0.3, -0.25) is 4.79 Å². The topological polar surface area (TPSA) is 55.6 Å². The van der Waals surface area contributed by atoms with Crippen LogP contribution in [0, 0.1) is 13.8 Å². The molecule has 1 fully saturated rings. The molecule has 25 heavy (non-hydrogen) atoms. The lowest BCUT2D eigenvalue weighted by Crippen LogP contribution is -2.31. The average Bonchev–Trinajstić information content (AvgIpc) is 3.19. The molecular weight excluding hydrogens is 316 g/mol. The summed E-state index contributed by atoms with van der Waals surface area (Å²) in [6.45, 7) is 10.7. The van der Waals surface area contributed by atoms with Crippen LogP contribution in [0.5, 0.6) is 5.75 Å². The van der Waals surface area contributed by atoms with Gasteiger partial charge >= 0.3 is 0 Å². The second-order valence-electron chi connectivity index (χ2n) is 6.64. The Hall–Kier alpha value is -2.56. The van der Waals surface area contributed by atoms with E-state index in [1.807, 2.05) is 49.9 Å². The molecular formula is C20H24N2O3. The van der Waals surface area contributed by atoms with E-state index in [1.165, 1.54) is 0 Å². The number of rotatable bonds is 5. The number of carbonyl (C=O) groups is 1. The summed E-state index contributed by atoms with van der Waals surface area (Å²) in [6, 6.07) is 7.39. The minimum absolute atomic E-state index is 0.00736. The molecule has 1 amide bonds. The van der Waals surface area contributed by atoms with E-state index in [9.17, 15) is 4.79 Å². The highest BCUT2D eigenvalue weighted by molar-refractivity contribution is 5.97. The number of para-hydroxylation sites is 1. The largest absolute Gasteiger partial charge is 0.488 e. The Kier molecular flexibility index (Phi) is 4.93. The van der Waals surface area contributed by atoms with Crippen molar-refractivity contribution in [3.05, 3.63) is 59.0 Å². The second kappa shape index (κ2) is 7.13. The first kappa shape index (κ1) is 17.3. The molecule has 1 atom stereocenters. The molecule has 2 heterocycles. The number of aromatic nitrogens is 1. The lowest BCUT2D eigenvalue weighted by Gasteiger charge is -2.25. The molecule has 1 aromatic carbocycles. The van der Waals surface area contributed by atoms with Gasteiger partial charge in [0.05, 0.1) is 17.3 Å². The van der Waals surface area contributed by atoms with Crippen LogP contribution in [-0.4, -0.2) is 29.1 Å². The Bertz CT molecular complexity index is 774. The summed E-state index contributed by atoms with van der Waals surface area (Å²) in [7, 11) is 0. The molecule has 0 radical (unpaired) electrons. The van der Waals surface area contributed by atoms with Crippen molar-refractivity contribution in [2.75, 3.05) is 13.2 Å². The van der Waals surface area contributed by atoms with Gasteiger partial charge in [0.25, 0.3) is 5.91 Å². The first-order chi connectivity index (χ1) is 12.0. The number of carbonyl (C=O) groups excluding carboxylic acids is 1. The maximum atomic E-state index is 13.2. The van der Waals surface area contributed by atoms with Crippen molar-refractivity contribution in [3.63, 3.8) is 0 Å². The molecule has 0 spiro atoms. The highest BCUT2D eigenvalue weighted by atomic mass is 16.5. The molecule has 1 saturated heterocycles. The Morgan fingerprint density at radius 2 is 2.16 bits per heavy atom. The minimum Gasteiger partial charge on any atom is -0.488 e. The SMILES string of the molecule is C=C(C)COc1ccccc1C(=O)N1CCC[C@H]1c1c(C)noc1C. The first-order valence-corrected chi connectivity index (χ1v) is 8.59. The van der Waals surface area contributed by atoms with Crippen LogP contribution in [-0.2, 0) is 0 Å². The van der Waals surface area contributed by atoms with Crippen LogP contribution in [0.2, 0.25) is 0 Å². The molecule has 0 N–H and O–H groups in total. The highest BCUT2D eigenvalue weighted by Crippen LogP contribution is 2.37. The van der Waals surface area contributed by atoms with Crippen molar-refractivity contribution >= 4 is 5.91 Å². The maximum Gasteiger partial charge on any atom is 0.258 e. The molecule has 0 saturated carbocycles. The molecule has 2 aromatic rings. The van der Waals surface area contributed by atoms with Crippen LogP contribution in [0.15, 0.2) is 40.9 Å². The highest BCUT2D eigenvalue weighted by Gasteiger charge is 2.35. The van der Waals surface area contributed by atoms with Crippen molar-refractivity contribution in [1.29, 1.82) is 0 Å². The molecule has 5 nitrogen and oxygen atoms in total. The predicted octanol–water partition coefficient (Wildman–Crippen LogP) is 4.22. The van der Waals surface area contributed by atoms with E-state index in [-0.39, 0.29) is 11.9 Å². The van der Waals surface area contributed by atoms with E-state index < -0.39 is 0 Å². The zero-order chi connectivity index (χ0) is 18.0. The number of hydrogen-bond acceptors (Lipinski definition) is 4. The summed E-state index contributed by atoms with van der Waals surface area (Å²) < 4.78 is 11.1. The third-order valence-corrected chi connectivity index (χ3v) is 4.53. The fourth-order valence-corrected chi connectivity index (χ4v) is 3.40. The van der Waals surface area contributed by atoms with Gasteiger partial charge in [-0.05, 0) is 51.3 Å². The molecule has 5 heteroatoms. The summed E-state index contributed by atoms with van der Waals surface area (Å²) in [4.78, 5) is 15.1. The molecule has 1 aliphatic rings. The molecule has 0 aliphatic carbocycles. The number of amides is 1. The summed E-state index contributed by atoms with van der Waals surface area (Å²) >= 11 is 0. The standard InChI is InChI=1S/C20H24N2O3/c1-13(2)12-24-18-10-6-5-8-16(18)20(23)22-11-7-9-17(22)19-14(3)21-25-15(19)4/h5-6,8,10,17H,1,7,9,11-12H2,2-4H3/t17-/m0/s1. The molecule has 1 aromatic heterocycles. The summed E-state index contributed by atoms with van der Waals surface area (Å²) in [6.07, 6.45) is 1.89. The quantitative estimate of drug-likeness (QED) is 0.765. The van der Waals surface area contributed by atoms with E-state index >= 15 is 0 Å². The van der Waals surface area contributed by atoms with Gasteiger partial charge in [0, 0.05) is 12.1 Å². The third kappa shape index (κ3) is 3.45. The van der Waals surface area contributed by atoms with Crippen LogP contribution in [0.4, 0.5) is 0 Å². The van der Waals surface area contributed by atoms with Gasteiger partial charge in [0.2, 0.25) is 0 Å². The summed E-state index contributed by atoms with van der Waals surface area (Å²) in [5.74, 6) is 1.37. The maximum absolute atomic E-state index is 13.2. The number of hydrogen-bond donors (Lipinski definition) is 0. The Labute approximate surface area is 148 Å². The normalized spacial score (nSPS) is 16.9. The molecule has 0 bridgehead atoms. The van der Waals surface area contributed by atoms with Crippen molar-refractivity contribution < 1.29 is 14.1 Å². The van der Waals surface area contributed by atoms with Gasteiger partial charge in [0.1, 0.15) is 18.1 Å². The van der Waals surface area contributed by atoms with E-state index in [0.29, 0.717) is 17.9 Å². The zero-order valence-electron chi connectivity index (χ0n) is 15.0. The van der Waals surface area contributed by atoms with Crippen LogP contribution >= 0.6 is 0 Å². The van der Waals surface area contributed by atoms with Crippen molar-refractivity contribution in [2.24, 2.45) is 0 Å². The van der Waals surface area contributed by atoms with E-state index in [1.54, 1.807) is 0 Å². The van der Waals surface area contributed by atoms with Crippen LogP contribution < -0.4 is 4.74 Å². The first-order valence-electron chi connectivity index (χ1n) is 8.59. The van der Waals surface area contributed by atoms with Crippen LogP contribution in [0.1, 0.15) is 53.2 Å². The fraction of sp³-hybridized carbons (Fsp3) is 0.400.